The third-order valence-corrected chi connectivity index (χ3v) is 8.46. The third-order valence-electron chi connectivity index (χ3n) is 8.46. The van der Waals surface area contributed by atoms with Gasteiger partial charge in [-0.15, -0.1) is 0 Å². The van der Waals surface area contributed by atoms with Crippen molar-refractivity contribution in [2.75, 3.05) is 26.4 Å². The highest BCUT2D eigenvalue weighted by atomic mass is 16.6. The SMILES string of the molecule is [2H]CC(=O)OC[C@H]1OC(c2c(OCC=C)cc3oc4cc(OCC=C)c(OC(C)=O)cc4c(=O)c3c2OCC=C)[C@@](O)(C(=O)C[2H])[C@](O)(C(=O)C[2H])[C@@]1(O)C(=O)C[2H]. The lowest BCUT2D eigenvalue weighted by Crippen LogP contribution is -2.84. The van der Waals surface area contributed by atoms with Crippen molar-refractivity contribution in [3.8, 4) is 23.0 Å². The number of fused-ring (bicyclic) bond motifs is 2. The molecule has 0 spiro atoms. The van der Waals surface area contributed by atoms with Crippen LogP contribution in [-0.4, -0.2) is 93.9 Å². The number of hydrogen-bond acceptors (Lipinski definition) is 16. The molecule has 2 aromatic carbocycles. The van der Waals surface area contributed by atoms with Crippen molar-refractivity contribution in [2.24, 2.45) is 0 Å². The van der Waals surface area contributed by atoms with Crippen molar-refractivity contribution in [1.82, 2.24) is 0 Å². The van der Waals surface area contributed by atoms with Crippen LogP contribution in [0.3, 0.4) is 0 Å². The summed E-state index contributed by atoms with van der Waals surface area (Å²) >= 11 is 0. The van der Waals surface area contributed by atoms with Crippen LogP contribution in [0.15, 0.2) is 65.4 Å². The molecule has 0 aliphatic carbocycles. The molecule has 16 nitrogen and oxygen atoms in total. The first-order chi connectivity index (χ1) is 27.5. The van der Waals surface area contributed by atoms with E-state index in [0.717, 1.165) is 19.1 Å². The second-order valence-electron chi connectivity index (χ2n) is 11.8. The molecule has 1 aromatic heterocycles. The monoisotopic (exact) mass is 756 g/mol. The second kappa shape index (κ2) is 15.7. The van der Waals surface area contributed by atoms with Crippen LogP contribution in [0.4, 0.5) is 0 Å². The van der Waals surface area contributed by atoms with Gasteiger partial charge in [-0.1, -0.05) is 38.0 Å². The summed E-state index contributed by atoms with van der Waals surface area (Å²) in [6, 6.07) is 3.42. The standard InChI is InChI=1S/C38H40O16/c1-9-12-48-26-16-25-24(15-27(26)52-23(8)43)33(44)31-29(53-25)17-28(49-13-10-2)32(34(31)50-14-11-3)35-37(46,20(5)40)38(47,21(6)41)36(45,19(4)39)30(54-35)18-51-22(7)42/h9-11,15-17,30,35,45-47H,1-3,12-14,18H2,4-8H3/t30-,35?,36-,37+,38+/m1/s1/i4D,5D,6D,7D. The topological polar surface area (TPSA) is 232 Å². The van der Waals surface area contributed by atoms with Gasteiger partial charge >= 0.3 is 11.9 Å². The zero-order chi connectivity index (χ0) is 43.2. The zero-order valence-corrected chi connectivity index (χ0v) is 29.0. The highest BCUT2D eigenvalue weighted by Crippen LogP contribution is 2.56. The Morgan fingerprint density at radius 3 is 1.98 bits per heavy atom. The van der Waals surface area contributed by atoms with Crippen molar-refractivity contribution in [3.63, 3.8) is 0 Å². The Hall–Kier alpha value is -5.68. The van der Waals surface area contributed by atoms with Crippen molar-refractivity contribution >= 4 is 51.2 Å². The van der Waals surface area contributed by atoms with E-state index in [9.17, 15) is 44.1 Å². The molecule has 5 atom stereocenters. The summed E-state index contributed by atoms with van der Waals surface area (Å²) in [5.74, 6) is -8.86. The quantitative estimate of drug-likeness (QED) is 0.0825. The molecular weight excluding hydrogens is 712 g/mol. The average Bonchev–Trinajstić information content (AvgIpc) is 3.21. The van der Waals surface area contributed by atoms with Gasteiger partial charge in [-0.3, -0.25) is 28.8 Å². The summed E-state index contributed by atoms with van der Waals surface area (Å²) in [6.45, 7) is 4.25. The van der Waals surface area contributed by atoms with Crippen molar-refractivity contribution in [2.45, 2.75) is 63.5 Å². The fourth-order valence-corrected chi connectivity index (χ4v) is 6.12. The second-order valence-corrected chi connectivity index (χ2v) is 11.8. The van der Waals surface area contributed by atoms with Crippen LogP contribution in [0.25, 0.3) is 21.9 Å². The van der Waals surface area contributed by atoms with Gasteiger partial charge in [0.05, 0.1) is 10.9 Å². The number of Topliss-reactive ketones (excluding diaryl/α,β-unsaturated/α-hetero) is 3. The molecule has 16 heteroatoms. The number of carbonyl (C=O) groups is 5. The van der Waals surface area contributed by atoms with E-state index in [4.69, 9.17) is 38.3 Å². The maximum Gasteiger partial charge on any atom is 0.308 e. The van der Waals surface area contributed by atoms with Gasteiger partial charge in [-0.25, -0.2) is 0 Å². The zero-order valence-electron chi connectivity index (χ0n) is 33.0. The summed E-state index contributed by atoms with van der Waals surface area (Å²) in [6.07, 6.45) is -1.26. The molecule has 1 fully saturated rings. The maximum atomic E-state index is 14.6. The van der Waals surface area contributed by atoms with E-state index in [2.05, 4.69) is 19.7 Å². The predicted molar refractivity (Wildman–Crippen MR) is 190 cm³/mol. The van der Waals surface area contributed by atoms with Crippen LogP contribution in [0.1, 0.15) is 51.7 Å². The van der Waals surface area contributed by atoms with Crippen LogP contribution >= 0.6 is 0 Å². The fraction of sp³-hybridized carbons (Fsp3) is 0.368. The first kappa shape index (κ1) is 35.4. The first-order valence-electron chi connectivity index (χ1n) is 18.6. The Morgan fingerprint density at radius 1 is 0.796 bits per heavy atom. The minimum Gasteiger partial charge on any atom is -0.489 e. The molecule has 2 heterocycles. The predicted octanol–water partition coefficient (Wildman–Crippen LogP) is 2.53. The van der Waals surface area contributed by atoms with Crippen molar-refractivity contribution in [3.05, 3.63) is 72.0 Å². The van der Waals surface area contributed by atoms with Gasteiger partial charge in [0.2, 0.25) is 5.43 Å². The molecule has 1 saturated heterocycles. The Bertz CT molecular complexity index is 2220. The lowest BCUT2D eigenvalue weighted by Gasteiger charge is -2.58. The number of ether oxygens (including phenoxy) is 6. The molecule has 54 heavy (non-hydrogen) atoms. The van der Waals surface area contributed by atoms with Crippen LogP contribution in [0, 0.1) is 0 Å². The third kappa shape index (κ3) is 6.68. The molecule has 288 valence electrons. The van der Waals surface area contributed by atoms with Gasteiger partial charge < -0.3 is 48.2 Å². The molecule has 0 radical (unpaired) electrons. The largest absolute Gasteiger partial charge is 0.489 e. The number of hydrogen-bond donors (Lipinski definition) is 3. The van der Waals surface area contributed by atoms with E-state index in [1.165, 1.54) is 24.3 Å². The number of aliphatic hydroxyl groups is 3. The number of rotatable bonds is 16. The maximum absolute atomic E-state index is 14.6. The molecule has 3 aromatic rings. The number of esters is 2. The van der Waals surface area contributed by atoms with E-state index in [-0.39, 0.29) is 41.3 Å². The van der Waals surface area contributed by atoms with Gasteiger partial charge in [-0.05, 0) is 26.8 Å². The molecular formula is C38H40O16. The minimum absolute atomic E-state index is 0.0345. The van der Waals surface area contributed by atoms with E-state index >= 15 is 0 Å². The van der Waals surface area contributed by atoms with Crippen molar-refractivity contribution in [1.29, 1.82) is 0 Å². The lowest BCUT2D eigenvalue weighted by molar-refractivity contribution is -0.324. The van der Waals surface area contributed by atoms with Crippen LogP contribution < -0.4 is 24.4 Å². The highest BCUT2D eigenvalue weighted by molar-refractivity contribution is 6.06. The van der Waals surface area contributed by atoms with Gasteiger partial charge in [0.25, 0.3) is 0 Å². The summed E-state index contributed by atoms with van der Waals surface area (Å²) < 4.78 is 70.8. The van der Waals surface area contributed by atoms with E-state index < -0.39 is 127 Å². The Morgan fingerprint density at radius 2 is 1.39 bits per heavy atom. The smallest absolute Gasteiger partial charge is 0.308 e. The minimum atomic E-state index is -4.16. The molecule has 3 N–H and O–H groups in total. The molecule has 1 aliphatic rings. The molecule has 0 bridgehead atoms. The van der Waals surface area contributed by atoms with Gasteiger partial charge in [0.1, 0.15) is 66.7 Å². The molecule has 1 unspecified atom stereocenters. The number of ketones is 3. The average molecular weight is 757 g/mol. The highest BCUT2D eigenvalue weighted by Gasteiger charge is 2.78. The molecule has 0 amide bonds. The molecule has 1 aliphatic heterocycles. The lowest BCUT2D eigenvalue weighted by atomic mass is 9.58. The van der Waals surface area contributed by atoms with E-state index in [1.54, 1.807) is 0 Å². The van der Waals surface area contributed by atoms with Gasteiger partial charge in [0, 0.05) is 31.4 Å². The van der Waals surface area contributed by atoms with E-state index in [0.29, 0.717) is 0 Å². The molecule has 4 rings (SSSR count). The normalized spacial score (nSPS) is 24.5. The van der Waals surface area contributed by atoms with Crippen LogP contribution in [0.2, 0.25) is 0 Å². The van der Waals surface area contributed by atoms with Crippen molar-refractivity contribution < 1.29 is 77.6 Å². The van der Waals surface area contributed by atoms with Crippen LogP contribution in [0.5, 0.6) is 23.0 Å². The first-order valence-corrected chi connectivity index (χ1v) is 15.8. The summed E-state index contributed by atoms with van der Waals surface area (Å²) in [5.41, 5.74) is -14.0. The van der Waals surface area contributed by atoms with Crippen LogP contribution in [-0.2, 0) is 33.4 Å². The number of carbonyl (C=O) groups excluding carboxylic acids is 5. The fourth-order valence-electron chi connectivity index (χ4n) is 6.12. The Kier molecular flexibility index (Phi) is 10.3. The van der Waals surface area contributed by atoms with Gasteiger partial charge in [-0.2, -0.15) is 0 Å². The summed E-state index contributed by atoms with van der Waals surface area (Å²) in [5, 5.41) is 36.4. The van der Waals surface area contributed by atoms with E-state index in [1.807, 2.05) is 0 Å². The Balaban J connectivity index is 2.29. The van der Waals surface area contributed by atoms with Gasteiger partial charge in [0.15, 0.2) is 45.7 Å². The molecule has 0 saturated carbocycles. The summed E-state index contributed by atoms with van der Waals surface area (Å²) in [4.78, 5) is 80.1. The number of benzene rings is 2. The Labute approximate surface area is 313 Å². The summed E-state index contributed by atoms with van der Waals surface area (Å²) in [7, 11) is 0.